The number of halogens is 1. The Balaban J connectivity index is 0.00000341. The van der Waals surface area contributed by atoms with Crippen molar-refractivity contribution in [2.24, 2.45) is 4.99 Å². The van der Waals surface area contributed by atoms with E-state index in [9.17, 15) is 9.90 Å². The van der Waals surface area contributed by atoms with Crippen LogP contribution in [0.4, 0.5) is 0 Å². The standard InChI is InChI=1S/C23H28N4O2S.HI/c1-3-24-23(26-12-11-25-22(29)18-9-6-7-16(2)13-18)27-15-19(28)21-14-17-8-4-5-10-20(17)30-21;/h4-10,13-14,19,28H,3,11-12,15H2,1-2H3,(H,25,29)(H2,24,26,27);1H. The summed E-state index contributed by atoms with van der Waals surface area (Å²) in [5, 5.41) is 20.9. The Labute approximate surface area is 204 Å². The molecule has 0 bridgehead atoms. The van der Waals surface area contributed by atoms with Crippen molar-refractivity contribution in [1.82, 2.24) is 16.0 Å². The van der Waals surface area contributed by atoms with Crippen molar-refractivity contribution in [3.63, 3.8) is 0 Å². The summed E-state index contributed by atoms with van der Waals surface area (Å²) >= 11 is 1.59. The fraction of sp³-hybridized carbons (Fsp3) is 0.304. The van der Waals surface area contributed by atoms with Crippen molar-refractivity contribution in [1.29, 1.82) is 0 Å². The lowest BCUT2D eigenvalue weighted by Gasteiger charge is -2.13. The quantitative estimate of drug-likeness (QED) is 0.148. The van der Waals surface area contributed by atoms with E-state index in [0.29, 0.717) is 31.2 Å². The molecule has 3 rings (SSSR count). The highest BCUT2D eigenvalue weighted by molar-refractivity contribution is 14.0. The first-order valence-electron chi connectivity index (χ1n) is 10.1. The van der Waals surface area contributed by atoms with E-state index in [4.69, 9.17) is 0 Å². The van der Waals surface area contributed by atoms with Gasteiger partial charge in [-0.25, -0.2) is 0 Å². The van der Waals surface area contributed by atoms with Crippen LogP contribution in [-0.2, 0) is 0 Å². The van der Waals surface area contributed by atoms with Crippen molar-refractivity contribution in [3.05, 3.63) is 70.6 Å². The summed E-state index contributed by atoms with van der Waals surface area (Å²) in [6, 6.07) is 17.6. The molecular formula is C23H29IN4O2S. The fourth-order valence-corrected chi connectivity index (χ4v) is 4.06. The van der Waals surface area contributed by atoms with E-state index in [1.54, 1.807) is 17.4 Å². The summed E-state index contributed by atoms with van der Waals surface area (Å²) < 4.78 is 1.16. The first-order chi connectivity index (χ1) is 14.6. The average molecular weight is 552 g/mol. The number of aliphatic hydroxyl groups excluding tert-OH is 1. The monoisotopic (exact) mass is 552 g/mol. The molecule has 1 heterocycles. The van der Waals surface area contributed by atoms with Crippen LogP contribution in [0.5, 0.6) is 0 Å². The molecular weight excluding hydrogens is 523 g/mol. The zero-order valence-electron chi connectivity index (χ0n) is 17.7. The number of rotatable bonds is 8. The summed E-state index contributed by atoms with van der Waals surface area (Å²) in [5.41, 5.74) is 1.71. The van der Waals surface area contributed by atoms with Crippen molar-refractivity contribution in [2.45, 2.75) is 20.0 Å². The normalized spacial score (nSPS) is 12.2. The molecule has 6 nitrogen and oxygen atoms in total. The molecule has 0 fully saturated rings. The predicted octanol–water partition coefficient (Wildman–Crippen LogP) is 3.85. The van der Waals surface area contributed by atoms with Gasteiger partial charge in [0.05, 0.1) is 6.54 Å². The average Bonchev–Trinajstić information content (AvgIpc) is 3.19. The predicted molar refractivity (Wildman–Crippen MR) is 140 cm³/mol. The lowest BCUT2D eigenvalue weighted by atomic mass is 10.1. The number of aliphatic hydroxyl groups is 1. The van der Waals surface area contributed by atoms with Gasteiger partial charge in [-0.1, -0.05) is 35.9 Å². The van der Waals surface area contributed by atoms with Gasteiger partial charge in [-0.05, 0) is 43.5 Å². The fourth-order valence-electron chi connectivity index (χ4n) is 3.02. The van der Waals surface area contributed by atoms with Gasteiger partial charge in [0.25, 0.3) is 5.91 Å². The van der Waals surface area contributed by atoms with Gasteiger partial charge in [-0.2, -0.15) is 0 Å². The molecule has 8 heteroatoms. The summed E-state index contributed by atoms with van der Waals surface area (Å²) in [6.45, 7) is 5.92. The maximum Gasteiger partial charge on any atom is 0.251 e. The maximum absolute atomic E-state index is 12.2. The Kier molecular flexibility index (Phi) is 10.2. The van der Waals surface area contributed by atoms with Crippen LogP contribution >= 0.6 is 35.3 Å². The van der Waals surface area contributed by atoms with Crippen LogP contribution in [-0.4, -0.2) is 43.2 Å². The van der Waals surface area contributed by atoms with Gasteiger partial charge < -0.3 is 21.1 Å². The number of benzene rings is 2. The molecule has 0 aliphatic rings. The highest BCUT2D eigenvalue weighted by Gasteiger charge is 2.11. The molecule has 0 saturated carbocycles. The third-order valence-electron chi connectivity index (χ3n) is 4.52. The number of aliphatic imine (C=N–C) groups is 1. The van der Waals surface area contributed by atoms with Crippen LogP contribution in [0.1, 0.15) is 33.8 Å². The van der Waals surface area contributed by atoms with E-state index in [1.165, 1.54) is 0 Å². The molecule has 0 spiro atoms. The molecule has 4 N–H and O–H groups in total. The highest BCUT2D eigenvalue weighted by atomic mass is 127. The zero-order chi connectivity index (χ0) is 21.3. The highest BCUT2D eigenvalue weighted by Crippen LogP contribution is 2.29. The van der Waals surface area contributed by atoms with Crippen molar-refractivity contribution < 1.29 is 9.90 Å². The first kappa shape index (κ1) is 25.1. The summed E-state index contributed by atoms with van der Waals surface area (Å²) in [6.07, 6.45) is -0.654. The second-order valence-corrected chi connectivity index (χ2v) is 8.09. The number of guanidine groups is 1. The van der Waals surface area contributed by atoms with E-state index >= 15 is 0 Å². The molecule has 1 amide bonds. The number of nitrogens with one attached hydrogen (secondary N) is 3. The van der Waals surface area contributed by atoms with Gasteiger partial charge >= 0.3 is 0 Å². The zero-order valence-corrected chi connectivity index (χ0v) is 20.9. The largest absolute Gasteiger partial charge is 0.386 e. The number of nitrogens with zero attached hydrogens (tertiary/aromatic N) is 1. The number of amides is 1. The van der Waals surface area contributed by atoms with Crippen LogP contribution < -0.4 is 16.0 Å². The topological polar surface area (TPSA) is 85.8 Å². The van der Waals surface area contributed by atoms with Crippen molar-refractivity contribution in [3.8, 4) is 0 Å². The second kappa shape index (κ2) is 12.6. The number of hydrogen-bond donors (Lipinski definition) is 4. The van der Waals surface area contributed by atoms with E-state index < -0.39 is 6.10 Å². The van der Waals surface area contributed by atoms with Gasteiger partial charge in [0.1, 0.15) is 6.10 Å². The Morgan fingerprint density at radius 1 is 1.06 bits per heavy atom. The molecule has 0 aliphatic heterocycles. The Morgan fingerprint density at radius 3 is 2.58 bits per heavy atom. The molecule has 3 aromatic rings. The van der Waals surface area contributed by atoms with Crippen LogP contribution in [0.15, 0.2) is 59.6 Å². The molecule has 0 saturated heterocycles. The lowest BCUT2D eigenvalue weighted by molar-refractivity contribution is 0.0954. The molecule has 31 heavy (non-hydrogen) atoms. The van der Waals surface area contributed by atoms with E-state index in [0.717, 1.165) is 20.5 Å². The lowest BCUT2D eigenvalue weighted by Crippen LogP contribution is -2.41. The molecule has 166 valence electrons. The maximum atomic E-state index is 12.2. The minimum Gasteiger partial charge on any atom is -0.386 e. The molecule has 1 unspecified atom stereocenters. The third kappa shape index (κ3) is 7.48. The third-order valence-corrected chi connectivity index (χ3v) is 5.74. The van der Waals surface area contributed by atoms with Gasteiger partial charge in [0.2, 0.25) is 0 Å². The Morgan fingerprint density at radius 2 is 1.84 bits per heavy atom. The SMILES string of the molecule is CCNC(=NCC(O)c1cc2ccccc2s1)NCCNC(=O)c1cccc(C)c1.I. The van der Waals surface area contributed by atoms with Gasteiger partial charge in [0.15, 0.2) is 5.96 Å². The van der Waals surface area contributed by atoms with Crippen molar-refractivity contribution >= 4 is 57.3 Å². The van der Waals surface area contributed by atoms with Crippen LogP contribution in [0.2, 0.25) is 0 Å². The Bertz CT molecular complexity index is 988. The van der Waals surface area contributed by atoms with Crippen LogP contribution in [0.25, 0.3) is 10.1 Å². The van der Waals surface area contributed by atoms with E-state index in [1.807, 2.05) is 56.3 Å². The van der Waals surface area contributed by atoms with Gasteiger partial charge in [-0.3, -0.25) is 9.79 Å². The first-order valence-corrected chi connectivity index (χ1v) is 10.9. The molecule has 0 aliphatic carbocycles. The second-order valence-electron chi connectivity index (χ2n) is 6.97. The summed E-state index contributed by atoms with van der Waals surface area (Å²) in [5.74, 6) is 0.519. The van der Waals surface area contributed by atoms with E-state index in [-0.39, 0.29) is 36.4 Å². The summed E-state index contributed by atoms with van der Waals surface area (Å²) in [4.78, 5) is 17.6. The van der Waals surface area contributed by atoms with Crippen LogP contribution in [0, 0.1) is 6.92 Å². The smallest absolute Gasteiger partial charge is 0.251 e. The Hall–Kier alpha value is -2.17. The van der Waals surface area contributed by atoms with Gasteiger partial charge in [-0.15, -0.1) is 35.3 Å². The number of fused-ring (bicyclic) bond motifs is 1. The molecule has 0 radical (unpaired) electrons. The number of hydrogen-bond acceptors (Lipinski definition) is 4. The number of aryl methyl sites for hydroxylation is 1. The van der Waals surface area contributed by atoms with E-state index in [2.05, 4.69) is 27.0 Å². The van der Waals surface area contributed by atoms with Crippen LogP contribution in [0.3, 0.4) is 0 Å². The number of carbonyl (C=O) groups excluding carboxylic acids is 1. The number of carbonyl (C=O) groups is 1. The molecule has 1 aromatic heterocycles. The van der Waals surface area contributed by atoms with Gasteiger partial charge in [0, 0.05) is 34.8 Å². The molecule has 2 aromatic carbocycles. The minimum absolute atomic E-state index is 0. The van der Waals surface area contributed by atoms with Crippen molar-refractivity contribution in [2.75, 3.05) is 26.2 Å². The molecule has 1 atom stereocenters. The number of thiophene rings is 1. The summed E-state index contributed by atoms with van der Waals surface area (Å²) in [7, 11) is 0. The minimum atomic E-state index is -0.654.